The first kappa shape index (κ1) is 21.2. The van der Waals surface area contributed by atoms with E-state index in [9.17, 15) is 4.79 Å². The van der Waals surface area contributed by atoms with E-state index in [-0.39, 0.29) is 5.91 Å². The van der Waals surface area contributed by atoms with Gasteiger partial charge in [0, 0.05) is 55.6 Å². The second kappa shape index (κ2) is 9.03. The molecular weight excluding hydrogens is 414 g/mol. The first-order valence-electron chi connectivity index (χ1n) is 11.2. The molecule has 1 aliphatic heterocycles. The van der Waals surface area contributed by atoms with Crippen LogP contribution in [0, 0.1) is 13.8 Å². The Bertz CT molecular complexity index is 1240. The van der Waals surface area contributed by atoms with Gasteiger partial charge in [-0.05, 0) is 26.0 Å². The van der Waals surface area contributed by atoms with E-state index >= 15 is 0 Å². The molecule has 0 unspecified atom stereocenters. The number of para-hydroxylation sites is 1. The number of hydrogen-bond donors (Lipinski definition) is 0. The van der Waals surface area contributed by atoms with Crippen LogP contribution in [0.3, 0.4) is 0 Å². The van der Waals surface area contributed by atoms with E-state index in [0.717, 1.165) is 42.3 Å². The van der Waals surface area contributed by atoms with Gasteiger partial charge in [0.2, 0.25) is 0 Å². The third-order valence-corrected chi connectivity index (χ3v) is 6.27. The van der Waals surface area contributed by atoms with Crippen molar-refractivity contribution in [2.24, 2.45) is 0 Å². The van der Waals surface area contributed by atoms with Gasteiger partial charge in [-0.1, -0.05) is 53.7 Å². The molecule has 7 heteroatoms. The molecule has 0 N–H and O–H groups in total. The number of aromatic nitrogens is 3. The molecule has 0 saturated carbocycles. The molecule has 1 fully saturated rings. The summed E-state index contributed by atoms with van der Waals surface area (Å²) in [5.74, 6) is 0.531. The van der Waals surface area contributed by atoms with Crippen LogP contribution in [-0.4, -0.2) is 56.8 Å². The molecule has 1 saturated heterocycles. The lowest BCUT2D eigenvalue weighted by Gasteiger charge is -2.34. The van der Waals surface area contributed by atoms with Gasteiger partial charge in [-0.15, -0.1) is 0 Å². The highest BCUT2D eigenvalue weighted by atomic mass is 16.5. The summed E-state index contributed by atoms with van der Waals surface area (Å²) in [6.45, 7) is 7.96. The molecule has 0 spiro atoms. The zero-order valence-corrected chi connectivity index (χ0v) is 18.9. The molecule has 2 aromatic heterocycles. The van der Waals surface area contributed by atoms with Gasteiger partial charge >= 0.3 is 0 Å². The van der Waals surface area contributed by atoms with Crippen LogP contribution in [-0.2, 0) is 6.54 Å². The molecule has 7 nitrogen and oxygen atoms in total. The normalized spacial score (nSPS) is 14.5. The summed E-state index contributed by atoms with van der Waals surface area (Å²) in [5.41, 5.74) is 5.80. The van der Waals surface area contributed by atoms with Gasteiger partial charge in [-0.2, -0.15) is 5.10 Å². The van der Waals surface area contributed by atoms with Crippen molar-refractivity contribution in [3.63, 3.8) is 0 Å². The largest absolute Gasteiger partial charge is 0.355 e. The predicted molar refractivity (Wildman–Crippen MR) is 126 cm³/mol. The minimum atomic E-state index is -0.0789. The summed E-state index contributed by atoms with van der Waals surface area (Å²) in [5, 5.41) is 8.78. The standard InChI is InChI=1S/C26H27N5O2/c1-19-23(20(2)31(27-19)22-11-7-4-8-12-22)18-29-13-15-30(16-14-29)26(32)24-17-25(33-28-24)21-9-5-3-6-10-21/h3-12,17H,13-16,18H2,1-2H3. The van der Waals surface area contributed by atoms with E-state index in [1.165, 1.54) is 5.56 Å². The Morgan fingerprint density at radius 2 is 1.61 bits per heavy atom. The number of piperazine rings is 1. The van der Waals surface area contributed by atoms with Gasteiger partial charge in [-0.3, -0.25) is 9.69 Å². The second-order valence-corrected chi connectivity index (χ2v) is 8.41. The summed E-state index contributed by atoms with van der Waals surface area (Å²) in [6, 6.07) is 21.6. The fourth-order valence-corrected chi connectivity index (χ4v) is 4.33. The van der Waals surface area contributed by atoms with Crippen molar-refractivity contribution in [2.75, 3.05) is 26.2 Å². The third-order valence-electron chi connectivity index (χ3n) is 6.27. The van der Waals surface area contributed by atoms with Crippen molar-refractivity contribution >= 4 is 5.91 Å². The zero-order valence-electron chi connectivity index (χ0n) is 18.9. The average Bonchev–Trinajstić information content (AvgIpc) is 3.46. The van der Waals surface area contributed by atoms with Crippen molar-refractivity contribution in [3.8, 4) is 17.0 Å². The van der Waals surface area contributed by atoms with E-state index < -0.39 is 0 Å². The number of aryl methyl sites for hydroxylation is 1. The fraction of sp³-hybridized carbons (Fsp3) is 0.269. The predicted octanol–water partition coefficient (Wildman–Crippen LogP) is 4.10. The van der Waals surface area contributed by atoms with Gasteiger partial charge < -0.3 is 9.42 Å². The molecule has 0 atom stereocenters. The van der Waals surface area contributed by atoms with Gasteiger partial charge in [0.05, 0.1) is 11.4 Å². The minimum absolute atomic E-state index is 0.0789. The van der Waals surface area contributed by atoms with Gasteiger partial charge in [0.1, 0.15) is 0 Å². The van der Waals surface area contributed by atoms with Crippen LogP contribution in [0.1, 0.15) is 27.4 Å². The van der Waals surface area contributed by atoms with Crippen molar-refractivity contribution in [1.82, 2.24) is 24.7 Å². The maximum absolute atomic E-state index is 12.9. The van der Waals surface area contributed by atoms with Crippen LogP contribution < -0.4 is 0 Å². The first-order chi connectivity index (χ1) is 16.1. The molecule has 3 heterocycles. The molecule has 0 aliphatic carbocycles. The lowest BCUT2D eigenvalue weighted by molar-refractivity contribution is 0.0618. The van der Waals surface area contributed by atoms with Crippen molar-refractivity contribution < 1.29 is 9.32 Å². The first-order valence-corrected chi connectivity index (χ1v) is 11.2. The number of carbonyl (C=O) groups excluding carboxylic acids is 1. The van der Waals surface area contributed by atoms with E-state index in [1.54, 1.807) is 6.07 Å². The highest BCUT2D eigenvalue weighted by Gasteiger charge is 2.26. The maximum Gasteiger partial charge on any atom is 0.276 e. The summed E-state index contributed by atoms with van der Waals surface area (Å²) >= 11 is 0. The van der Waals surface area contributed by atoms with Crippen LogP contribution >= 0.6 is 0 Å². The van der Waals surface area contributed by atoms with Gasteiger partial charge in [0.15, 0.2) is 11.5 Å². The summed E-state index contributed by atoms with van der Waals surface area (Å²) < 4.78 is 7.42. The molecule has 2 aromatic carbocycles. The number of benzene rings is 2. The quantitative estimate of drug-likeness (QED) is 0.466. The average molecular weight is 442 g/mol. The summed E-state index contributed by atoms with van der Waals surface area (Å²) in [6.07, 6.45) is 0. The number of rotatable bonds is 5. The highest BCUT2D eigenvalue weighted by molar-refractivity contribution is 5.93. The van der Waals surface area contributed by atoms with Crippen LogP contribution in [0.2, 0.25) is 0 Å². The molecule has 168 valence electrons. The third kappa shape index (κ3) is 4.32. The van der Waals surface area contributed by atoms with Crippen LogP contribution in [0.4, 0.5) is 0 Å². The van der Waals surface area contributed by atoms with E-state index in [2.05, 4.69) is 36.0 Å². The van der Waals surface area contributed by atoms with Crippen LogP contribution in [0.15, 0.2) is 71.3 Å². The highest BCUT2D eigenvalue weighted by Crippen LogP contribution is 2.22. The topological polar surface area (TPSA) is 67.4 Å². The lowest BCUT2D eigenvalue weighted by atomic mass is 10.1. The van der Waals surface area contributed by atoms with Crippen molar-refractivity contribution in [3.05, 3.63) is 89.4 Å². The Hall–Kier alpha value is -3.71. The van der Waals surface area contributed by atoms with Crippen molar-refractivity contribution in [1.29, 1.82) is 0 Å². The van der Waals surface area contributed by atoms with Crippen LogP contribution in [0.5, 0.6) is 0 Å². The van der Waals surface area contributed by atoms with Crippen LogP contribution in [0.25, 0.3) is 17.0 Å². The second-order valence-electron chi connectivity index (χ2n) is 8.41. The summed E-state index contributed by atoms with van der Waals surface area (Å²) in [7, 11) is 0. The smallest absolute Gasteiger partial charge is 0.276 e. The zero-order chi connectivity index (χ0) is 22.8. The monoisotopic (exact) mass is 441 g/mol. The Balaban J connectivity index is 1.22. The molecule has 4 aromatic rings. The molecule has 5 rings (SSSR count). The Labute approximate surface area is 193 Å². The molecule has 1 aliphatic rings. The molecular formula is C26H27N5O2. The van der Waals surface area contributed by atoms with E-state index in [1.807, 2.05) is 58.1 Å². The van der Waals surface area contributed by atoms with Gasteiger partial charge in [-0.25, -0.2) is 4.68 Å². The number of hydrogen-bond acceptors (Lipinski definition) is 5. The molecule has 0 bridgehead atoms. The van der Waals surface area contributed by atoms with Gasteiger partial charge in [0.25, 0.3) is 5.91 Å². The molecule has 0 radical (unpaired) electrons. The minimum Gasteiger partial charge on any atom is -0.355 e. The summed E-state index contributed by atoms with van der Waals surface area (Å²) in [4.78, 5) is 17.2. The Kier molecular flexibility index (Phi) is 5.79. The maximum atomic E-state index is 12.9. The molecule has 1 amide bonds. The number of nitrogens with zero attached hydrogens (tertiary/aromatic N) is 5. The SMILES string of the molecule is Cc1nn(-c2ccccc2)c(C)c1CN1CCN(C(=O)c2cc(-c3ccccc3)on2)CC1. The Morgan fingerprint density at radius 3 is 2.30 bits per heavy atom. The van der Waals surface area contributed by atoms with Crippen molar-refractivity contribution in [2.45, 2.75) is 20.4 Å². The number of carbonyl (C=O) groups is 1. The Morgan fingerprint density at radius 1 is 0.939 bits per heavy atom. The van der Waals surface area contributed by atoms with E-state index in [0.29, 0.717) is 24.5 Å². The van der Waals surface area contributed by atoms with E-state index in [4.69, 9.17) is 9.62 Å². The number of amides is 1. The fourth-order valence-electron chi connectivity index (χ4n) is 4.33. The lowest BCUT2D eigenvalue weighted by Crippen LogP contribution is -2.48. The molecule has 33 heavy (non-hydrogen) atoms.